The molecule has 0 saturated carbocycles. The normalized spacial score (nSPS) is 19.6. The summed E-state index contributed by atoms with van der Waals surface area (Å²) in [6, 6.07) is 19.4. The zero-order valence-electron chi connectivity index (χ0n) is 23.5. The topological polar surface area (TPSA) is 90.0 Å². The summed E-state index contributed by atoms with van der Waals surface area (Å²) in [5.74, 6) is 0.496. The molecule has 1 aliphatic carbocycles. The Hall–Kier alpha value is -4.03. The molecule has 6 heteroatoms. The molecule has 6 nitrogen and oxygen atoms in total. The van der Waals surface area contributed by atoms with Gasteiger partial charge in [0.1, 0.15) is 11.5 Å². The number of likely N-dealkylation sites (tertiary alicyclic amines) is 1. The summed E-state index contributed by atoms with van der Waals surface area (Å²) in [5.41, 5.74) is 13.8. The number of allylic oxidation sites excluding steroid dienone is 3. The van der Waals surface area contributed by atoms with Crippen molar-refractivity contribution in [1.29, 1.82) is 0 Å². The summed E-state index contributed by atoms with van der Waals surface area (Å²) in [5, 5.41) is 19.8. The number of Topliss-reactive ketones (excluding diaryl/α,β-unsaturated/α-hetero) is 1. The van der Waals surface area contributed by atoms with Crippen molar-refractivity contribution in [3.05, 3.63) is 101 Å². The number of phenols is 2. The summed E-state index contributed by atoms with van der Waals surface area (Å²) in [7, 11) is 0. The Kier molecular flexibility index (Phi) is 7.84. The largest absolute Gasteiger partial charge is 0.508 e. The smallest absolute Gasteiger partial charge is 0.151 e. The number of nitrogen functional groups attached to an aromatic ring is 1. The van der Waals surface area contributed by atoms with E-state index in [-0.39, 0.29) is 29.7 Å². The van der Waals surface area contributed by atoms with Crippen LogP contribution in [0.1, 0.15) is 48.4 Å². The maximum Gasteiger partial charge on any atom is 0.151 e. The number of piperidine rings is 1. The Bertz CT molecular complexity index is 1470. The molecular weight excluding hydrogens is 510 g/mol. The number of fused-ring (bicyclic) bond motifs is 1. The first-order valence-corrected chi connectivity index (χ1v) is 14.8. The van der Waals surface area contributed by atoms with Crippen molar-refractivity contribution in [2.24, 2.45) is 5.92 Å². The average Bonchev–Trinajstić information content (AvgIpc) is 2.97. The summed E-state index contributed by atoms with van der Waals surface area (Å²) >= 11 is 0. The van der Waals surface area contributed by atoms with E-state index in [0.29, 0.717) is 18.0 Å². The summed E-state index contributed by atoms with van der Waals surface area (Å²) in [6.07, 6.45) is 12.4. The quantitative estimate of drug-likeness (QED) is 0.313. The van der Waals surface area contributed by atoms with Gasteiger partial charge in [0.2, 0.25) is 0 Å². The van der Waals surface area contributed by atoms with E-state index >= 15 is 0 Å². The van der Waals surface area contributed by atoms with Crippen molar-refractivity contribution >= 4 is 11.5 Å². The molecule has 0 spiro atoms. The minimum absolute atomic E-state index is 0.0248. The Labute approximate surface area is 242 Å². The molecule has 1 unspecified atom stereocenters. The van der Waals surface area contributed by atoms with Crippen LogP contribution in [0.4, 0.5) is 5.69 Å². The van der Waals surface area contributed by atoms with Crippen LogP contribution in [0.25, 0.3) is 11.1 Å². The third kappa shape index (κ3) is 6.18. The zero-order valence-corrected chi connectivity index (χ0v) is 23.5. The van der Waals surface area contributed by atoms with Gasteiger partial charge in [-0.15, -0.1) is 0 Å². The van der Waals surface area contributed by atoms with Crippen molar-refractivity contribution in [2.45, 2.75) is 44.6 Å². The van der Waals surface area contributed by atoms with Crippen LogP contribution in [-0.2, 0) is 17.6 Å². The molecular formula is C35H39N3O3. The number of anilines is 1. The average molecular weight is 550 g/mol. The van der Waals surface area contributed by atoms with Crippen LogP contribution in [-0.4, -0.2) is 52.0 Å². The lowest BCUT2D eigenvalue weighted by Gasteiger charge is -2.45. The van der Waals surface area contributed by atoms with Crippen LogP contribution >= 0.6 is 0 Å². The molecule has 1 atom stereocenters. The fourth-order valence-corrected chi connectivity index (χ4v) is 6.91. The van der Waals surface area contributed by atoms with Crippen molar-refractivity contribution in [3.8, 4) is 22.6 Å². The predicted molar refractivity (Wildman–Crippen MR) is 164 cm³/mol. The molecule has 0 radical (unpaired) electrons. The van der Waals surface area contributed by atoms with Gasteiger partial charge in [-0.25, -0.2) is 0 Å². The fourth-order valence-electron chi connectivity index (χ4n) is 6.91. The third-order valence-corrected chi connectivity index (χ3v) is 8.81. The van der Waals surface area contributed by atoms with Gasteiger partial charge in [-0.2, -0.15) is 0 Å². The first-order valence-electron chi connectivity index (χ1n) is 14.8. The van der Waals surface area contributed by atoms with E-state index in [0.717, 1.165) is 63.0 Å². The predicted octanol–water partition coefficient (Wildman–Crippen LogP) is 6.00. The maximum absolute atomic E-state index is 13.3. The highest BCUT2D eigenvalue weighted by molar-refractivity contribution is 5.83. The van der Waals surface area contributed by atoms with Crippen LogP contribution in [0, 0.1) is 5.92 Å². The Morgan fingerprint density at radius 2 is 1.68 bits per heavy atom. The van der Waals surface area contributed by atoms with Gasteiger partial charge in [0.15, 0.2) is 5.78 Å². The van der Waals surface area contributed by atoms with Gasteiger partial charge in [-0.05, 0) is 96.2 Å². The molecule has 1 saturated heterocycles. The van der Waals surface area contributed by atoms with E-state index in [2.05, 4.69) is 52.3 Å². The molecule has 3 aromatic rings. The fraction of sp³-hybridized carbons (Fsp3) is 0.343. The van der Waals surface area contributed by atoms with E-state index in [1.807, 2.05) is 18.2 Å². The number of carbonyl (C=O) groups excluding carboxylic acids is 1. The van der Waals surface area contributed by atoms with Crippen LogP contribution in [0.2, 0.25) is 0 Å². The van der Waals surface area contributed by atoms with Crippen LogP contribution in [0.3, 0.4) is 0 Å². The number of phenolic OH excluding ortho intramolecular Hbond substituents is 2. The highest BCUT2D eigenvalue weighted by Gasteiger charge is 2.36. The van der Waals surface area contributed by atoms with Gasteiger partial charge in [0, 0.05) is 49.5 Å². The maximum atomic E-state index is 13.3. The SMILES string of the molecule is Nc1cccc(-c2ccc3c(c2)CCN(CC(=O)Cc2cc(O)cc(O)c2)C3C2CCN(C3=CCCC=C3)CC2)c1. The molecule has 4 N–H and O–H groups in total. The van der Waals surface area contributed by atoms with E-state index in [4.69, 9.17) is 5.73 Å². The van der Waals surface area contributed by atoms with Gasteiger partial charge < -0.3 is 20.8 Å². The van der Waals surface area contributed by atoms with E-state index in [9.17, 15) is 15.0 Å². The molecule has 0 amide bonds. The zero-order chi connectivity index (χ0) is 28.3. The van der Waals surface area contributed by atoms with Crippen LogP contribution < -0.4 is 5.73 Å². The lowest BCUT2D eigenvalue weighted by Crippen LogP contribution is -2.45. The van der Waals surface area contributed by atoms with Gasteiger partial charge in [0.25, 0.3) is 0 Å². The lowest BCUT2D eigenvalue weighted by molar-refractivity contribution is -0.120. The minimum Gasteiger partial charge on any atom is -0.508 e. The van der Waals surface area contributed by atoms with Crippen molar-refractivity contribution < 1.29 is 15.0 Å². The number of hydrogen-bond donors (Lipinski definition) is 3. The molecule has 0 bridgehead atoms. The van der Waals surface area contributed by atoms with Gasteiger partial charge in [-0.1, -0.05) is 42.5 Å². The van der Waals surface area contributed by atoms with Gasteiger partial charge in [-0.3, -0.25) is 9.69 Å². The second kappa shape index (κ2) is 11.8. The molecule has 2 aliphatic heterocycles. The van der Waals surface area contributed by atoms with E-state index < -0.39 is 0 Å². The van der Waals surface area contributed by atoms with E-state index in [1.165, 1.54) is 28.5 Å². The lowest BCUT2D eigenvalue weighted by atomic mass is 9.79. The van der Waals surface area contributed by atoms with E-state index in [1.54, 1.807) is 12.1 Å². The summed E-state index contributed by atoms with van der Waals surface area (Å²) in [6.45, 7) is 3.23. The number of benzene rings is 3. The third-order valence-electron chi connectivity index (χ3n) is 8.81. The summed E-state index contributed by atoms with van der Waals surface area (Å²) in [4.78, 5) is 18.2. The molecule has 2 heterocycles. The van der Waals surface area contributed by atoms with Crippen molar-refractivity contribution in [1.82, 2.24) is 9.80 Å². The van der Waals surface area contributed by atoms with Crippen molar-refractivity contribution in [2.75, 3.05) is 31.9 Å². The Balaban J connectivity index is 1.25. The number of rotatable bonds is 7. The number of ketones is 1. The first-order chi connectivity index (χ1) is 19.9. The Morgan fingerprint density at radius 1 is 0.902 bits per heavy atom. The first kappa shape index (κ1) is 27.2. The van der Waals surface area contributed by atoms with Crippen LogP contribution in [0.15, 0.2) is 84.6 Å². The number of nitrogens with two attached hydrogens (primary N) is 1. The molecule has 3 aliphatic rings. The standard InChI is InChI=1S/C35H39N3O3/c36-29-6-4-5-26(21-29)27-9-10-34-28(20-27)13-16-38(23-33(41)19-24-17-31(39)22-32(40)18-24)35(34)25-11-14-37(15-12-25)30-7-2-1-3-8-30/h2,4-10,17-18,20-22,25,35,39-40H,1,3,11-16,19,23,36H2. The molecule has 6 rings (SSSR count). The molecule has 1 fully saturated rings. The highest BCUT2D eigenvalue weighted by Crippen LogP contribution is 2.42. The second-order valence-electron chi connectivity index (χ2n) is 11.7. The van der Waals surface area contributed by atoms with Crippen LogP contribution in [0.5, 0.6) is 11.5 Å². The number of aromatic hydroxyl groups is 2. The number of hydrogen-bond acceptors (Lipinski definition) is 6. The molecule has 3 aromatic carbocycles. The molecule has 212 valence electrons. The summed E-state index contributed by atoms with van der Waals surface area (Å²) < 4.78 is 0. The molecule has 41 heavy (non-hydrogen) atoms. The van der Waals surface area contributed by atoms with Gasteiger partial charge >= 0.3 is 0 Å². The highest BCUT2D eigenvalue weighted by atomic mass is 16.3. The second-order valence-corrected chi connectivity index (χ2v) is 11.7. The van der Waals surface area contributed by atoms with Crippen molar-refractivity contribution in [3.63, 3.8) is 0 Å². The number of nitrogens with zero attached hydrogens (tertiary/aromatic N) is 2. The Morgan fingerprint density at radius 3 is 2.41 bits per heavy atom. The minimum atomic E-state index is -0.0248. The number of carbonyl (C=O) groups is 1. The monoisotopic (exact) mass is 549 g/mol. The van der Waals surface area contributed by atoms with Gasteiger partial charge in [0.05, 0.1) is 6.54 Å². The molecule has 0 aromatic heterocycles.